The first-order valence-corrected chi connectivity index (χ1v) is 7.23. The van der Waals surface area contributed by atoms with Crippen LogP contribution in [0.3, 0.4) is 0 Å². The summed E-state index contributed by atoms with van der Waals surface area (Å²) in [4.78, 5) is 22.0. The van der Waals surface area contributed by atoms with E-state index in [1.54, 1.807) is 23.1 Å². The zero-order chi connectivity index (χ0) is 15.3. The zero-order valence-electron chi connectivity index (χ0n) is 11.7. The Kier molecular flexibility index (Phi) is 2.70. The van der Waals surface area contributed by atoms with E-state index in [-0.39, 0.29) is 5.97 Å². The van der Waals surface area contributed by atoms with E-state index in [4.69, 9.17) is 4.74 Å². The van der Waals surface area contributed by atoms with Crippen molar-refractivity contribution in [2.24, 2.45) is 0 Å². The monoisotopic (exact) mass is 314 g/mol. The van der Waals surface area contributed by atoms with E-state index in [0.29, 0.717) is 16.3 Å². The van der Waals surface area contributed by atoms with Gasteiger partial charge in [0.15, 0.2) is 11.5 Å². The van der Waals surface area contributed by atoms with Crippen molar-refractivity contribution in [2.75, 3.05) is 7.11 Å². The Morgan fingerprint density at radius 1 is 1.45 bits per heavy atom. The minimum atomic E-state index is -0.369. The average molecular weight is 314 g/mol. The molecule has 0 aliphatic heterocycles. The van der Waals surface area contributed by atoms with Crippen molar-refractivity contribution >= 4 is 33.2 Å². The van der Waals surface area contributed by atoms with Gasteiger partial charge >= 0.3 is 5.97 Å². The third-order valence-corrected chi connectivity index (χ3v) is 4.56. The number of hydrogen-bond donors (Lipinski definition) is 1. The Hall–Kier alpha value is -2.81. The maximum absolute atomic E-state index is 11.8. The zero-order valence-corrected chi connectivity index (χ0v) is 12.5. The number of methoxy groups -OCH3 is 1. The van der Waals surface area contributed by atoms with Crippen molar-refractivity contribution in [3.63, 3.8) is 0 Å². The molecule has 0 aromatic carbocycles. The molecular weight excluding hydrogens is 304 g/mol. The molecule has 0 saturated carbocycles. The van der Waals surface area contributed by atoms with Crippen molar-refractivity contribution < 1.29 is 9.53 Å². The normalized spacial score (nSPS) is 11.4. The van der Waals surface area contributed by atoms with E-state index in [1.807, 2.05) is 6.92 Å². The highest BCUT2D eigenvalue weighted by atomic mass is 32.1. The molecule has 110 valence electrons. The van der Waals surface area contributed by atoms with Gasteiger partial charge in [0, 0.05) is 6.20 Å². The number of fused-ring (bicyclic) bond motifs is 3. The van der Waals surface area contributed by atoms with Crippen LogP contribution in [0.4, 0.5) is 0 Å². The number of hydrogen-bond acceptors (Lipinski definition) is 7. The van der Waals surface area contributed by atoms with Crippen molar-refractivity contribution in [1.82, 2.24) is 29.8 Å². The first kappa shape index (κ1) is 12.9. The van der Waals surface area contributed by atoms with E-state index in [1.165, 1.54) is 18.4 Å². The summed E-state index contributed by atoms with van der Waals surface area (Å²) in [7, 11) is 1.36. The number of rotatable bonds is 2. The molecule has 0 amide bonds. The third-order valence-electron chi connectivity index (χ3n) is 3.38. The number of nitrogens with one attached hydrogen (secondary N) is 1. The van der Waals surface area contributed by atoms with Crippen molar-refractivity contribution in [3.05, 3.63) is 29.0 Å². The van der Waals surface area contributed by atoms with E-state index in [2.05, 4.69) is 25.3 Å². The quantitative estimate of drug-likeness (QED) is 0.567. The number of thiophene rings is 1. The molecule has 0 fully saturated rings. The Balaban J connectivity index is 2.02. The van der Waals surface area contributed by atoms with Gasteiger partial charge in [-0.15, -0.1) is 16.4 Å². The third kappa shape index (κ3) is 1.72. The highest BCUT2D eigenvalue weighted by molar-refractivity contribution is 7.20. The number of esters is 1. The molecule has 4 rings (SSSR count). The number of nitrogens with zero attached hydrogens (tertiary/aromatic N) is 5. The lowest BCUT2D eigenvalue weighted by Crippen LogP contribution is -1.99. The van der Waals surface area contributed by atoms with Gasteiger partial charge in [-0.2, -0.15) is 5.10 Å². The fourth-order valence-electron chi connectivity index (χ4n) is 2.32. The molecule has 22 heavy (non-hydrogen) atoms. The van der Waals surface area contributed by atoms with Crippen LogP contribution in [0.5, 0.6) is 0 Å². The lowest BCUT2D eigenvalue weighted by Gasteiger charge is -1.96. The highest BCUT2D eigenvalue weighted by Gasteiger charge is 2.20. The maximum Gasteiger partial charge on any atom is 0.348 e. The summed E-state index contributed by atoms with van der Waals surface area (Å²) in [5.41, 5.74) is 2.17. The predicted octanol–water partition coefficient (Wildman–Crippen LogP) is 1.82. The molecule has 4 aromatic heterocycles. The summed E-state index contributed by atoms with van der Waals surface area (Å²) in [6.07, 6.45) is 3.22. The molecule has 0 spiro atoms. The van der Waals surface area contributed by atoms with Gasteiger partial charge in [-0.3, -0.25) is 5.10 Å². The molecule has 4 aromatic rings. The molecule has 0 aliphatic carbocycles. The topological polar surface area (TPSA) is 98.1 Å². The molecule has 1 N–H and O–H groups in total. The first-order chi connectivity index (χ1) is 10.7. The van der Waals surface area contributed by atoms with Gasteiger partial charge in [0.05, 0.1) is 12.5 Å². The number of carbonyl (C=O) groups is 1. The van der Waals surface area contributed by atoms with Crippen LogP contribution in [0.1, 0.15) is 15.2 Å². The smallest absolute Gasteiger partial charge is 0.348 e. The summed E-state index contributed by atoms with van der Waals surface area (Å²) in [5, 5.41) is 11.9. The second kappa shape index (κ2) is 4.60. The van der Waals surface area contributed by atoms with Crippen LogP contribution in [0, 0.1) is 6.92 Å². The second-order valence-corrected chi connectivity index (χ2v) is 5.65. The van der Waals surface area contributed by atoms with Gasteiger partial charge in [-0.1, -0.05) is 0 Å². The molecule has 0 saturated heterocycles. The van der Waals surface area contributed by atoms with Crippen LogP contribution in [-0.4, -0.2) is 42.9 Å². The Morgan fingerprint density at radius 2 is 2.32 bits per heavy atom. The standard InChI is InChI=1S/C13H10N6O2S/c1-6-8-11-16-10(7-3-4-15-17-7)18-19(11)5-14-12(8)22-9(6)13(20)21-2/h3-5H,1-2H3,(H,15,17). The van der Waals surface area contributed by atoms with E-state index < -0.39 is 0 Å². The average Bonchev–Trinajstić information content (AvgIpc) is 3.23. The van der Waals surface area contributed by atoms with Crippen molar-refractivity contribution in [2.45, 2.75) is 6.92 Å². The van der Waals surface area contributed by atoms with Crippen LogP contribution < -0.4 is 0 Å². The summed E-state index contributed by atoms with van der Waals surface area (Å²) in [5.74, 6) is 0.156. The molecule has 9 heteroatoms. The lowest BCUT2D eigenvalue weighted by atomic mass is 10.2. The molecule has 0 radical (unpaired) electrons. The largest absolute Gasteiger partial charge is 0.465 e. The molecular formula is C13H10N6O2S. The van der Waals surface area contributed by atoms with Gasteiger partial charge in [0.2, 0.25) is 0 Å². The van der Waals surface area contributed by atoms with Crippen LogP contribution in [0.25, 0.3) is 27.4 Å². The molecule has 0 aliphatic rings. The predicted molar refractivity (Wildman–Crippen MR) is 79.8 cm³/mol. The molecule has 0 unspecified atom stereocenters. The summed E-state index contributed by atoms with van der Waals surface area (Å²) >= 11 is 1.29. The van der Waals surface area contributed by atoms with Crippen molar-refractivity contribution in [3.8, 4) is 11.5 Å². The Morgan fingerprint density at radius 3 is 3.05 bits per heavy atom. The maximum atomic E-state index is 11.8. The van der Waals surface area contributed by atoms with Gasteiger partial charge in [-0.25, -0.2) is 19.3 Å². The van der Waals surface area contributed by atoms with E-state index in [0.717, 1.165) is 21.5 Å². The lowest BCUT2D eigenvalue weighted by molar-refractivity contribution is 0.0605. The Labute approximate surface area is 127 Å². The number of carbonyl (C=O) groups excluding carboxylic acids is 1. The van der Waals surface area contributed by atoms with Crippen molar-refractivity contribution in [1.29, 1.82) is 0 Å². The first-order valence-electron chi connectivity index (χ1n) is 6.41. The number of ether oxygens (including phenoxy) is 1. The fourth-order valence-corrected chi connectivity index (χ4v) is 3.38. The minimum absolute atomic E-state index is 0.369. The number of aromatic nitrogens is 6. The van der Waals surface area contributed by atoms with Gasteiger partial charge in [0.1, 0.15) is 21.7 Å². The molecule has 8 nitrogen and oxygen atoms in total. The number of aromatic amines is 1. The minimum Gasteiger partial charge on any atom is -0.465 e. The van der Waals surface area contributed by atoms with Gasteiger partial charge in [0.25, 0.3) is 0 Å². The SMILES string of the molecule is COC(=O)c1sc2ncn3nc(-c4ccn[nH]4)nc3c2c1C. The van der Waals surface area contributed by atoms with Crippen LogP contribution in [0.2, 0.25) is 0 Å². The summed E-state index contributed by atoms with van der Waals surface area (Å²) in [6, 6.07) is 1.79. The molecule has 0 atom stereocenters. The Bertz CT molecular complexity index is 1000. The number of H-pyrrole nitrogens is 1. The van der Waals surface area contributed by atoms with Crippen LogP contribution in [-0.2, 0) is 4.74 Å². The number of aryl methyl sites for hydroxylation is 1. The van der Waals surface area contributed by atoms with Gasteiger partial charge in [-0.05, 0) is 18.6 Å². The van der Waals surface area contributed by atoms with Crippen LogP contribution >= 0.6 is 11.3 Å². The molecule has 0 bridgehead atoms. The van der Waals surface area contributed by atoms with Gasteiger partial charge < -0.3 is 4.74 Å². The second-order valence-electron chi connectivity index (χ2n) is 4.65. The summed E-state index contributed by atoms with van der Waals surface area (Å²) in [6.45, 7) is 1.86. The van der Waals surface area contributed by atoms with E-state index in [9.17, 15) is 4.79 Å². The van der Waals surface area contributed by atoms with Crippen LogP contribution in [0.15, 0.2) is 18.6 Å². The highest BCUT2D eigenvalue weighted by Crippen LogP contribution is 2.32. The van der Waals surface area contributed by atoms with E-state index >= 15 is 0 Å². The molecule has 4 heterocycles. The summed E-state index contributed by atoms with van der Waals surface area (Å²) < 4.78 is 6.41. The fraction of sp³-hybridized carbons (Fsp3) is 0.154.